The van der Waals surface area contributed by atoms with Crippen LogP contribution >= 0.6 is 0 Å². The molecule has 0 atom stereocenters. The Hall–Kier alpha value is -1.83. The van der Waals surface area contributed by atoms with Crippen LogP contribution in [0.15, 0.2) is 12.4 Å². The number of carbonyl (C=O) groups is 1. The Morgan fingerprint density at radius 3 is 2.65 bits per heavy atom. The second kappa shape index (κ2) is 5.00. The van der Waals surface area contributed by atoms with Crippen molar-refractivity contribution in [2.24, 2.45) is 5.41 Å². The summed E-state index contributed by atoms with van der Waals surface area (Å²) in [7, 11) is 0. The normalized spacial score (nSPS) is 19.0. The molecule has 0 saturated heterocycles. The molecular formula is C12H16N4O. The van der Waals surface area contributed by atoms with Gasteiger partial charge in [-0.15, -0.1) is 0 Å². The van der Waals surface area contributed by atoms with Crippen LogP contribution in [0.5, 0.6) is 0 Å². The van der Waals surface area contributed by atoms with E-state index in [0.717, 1.165) is 25.7 Å². The molecule has 1 saturated carbocycles. The lowest BCUT2D eigenvalue weighted by Crippen LogP contribution is -2.35. The van der Waals surface area contributed by atoms with Gasteiger partial charge in [0.2, 0.25) is 11.9 Å². The Morgan fingerprint density at radius 1 is 1.41 bits per heavy atom. The highest BCUT2D eigenvalue weighted by Gasteiger charge is 2.39. The molecule has 1 heterocycles. The average Bonchev–Trinajstić information content (AvgIpc) is 2.72. The van der Waals surface area contributed by atoms with Crippen LogP contribution in [0.1, 0.15) is 38.5 Å². The van der Waals surface area contributed by atoms with Gasteiger partial charge in [-0.25, -0.2) is 4.98 Å². The minimum Gasteiger partial charge on any atom is -0.331 e. The topological polar surface area (TPSA) is 81.6 Å². The van der Waals surface area contributed by atoms with Gasteiger partial charge in [-0.2, -0.15) is 5.26 Å². The summed E-state index contributed by atoms with van der Waals surface area (Å²) in [5.74, 6) is 0.186. The van der Waals surface area contributed by atoms with Gasteiger partial charge >= 0.3 is 0 Å². The number of rotatable bonds is 2. The number of anilines is 1. The largest absolute Gasteiger partial charge is 0.331 e. The second-order valence-electron chi connectivity index (χ2n) is 4.50. The van der Waals surface area contributed by atoms with Gasteiger partial charge in [0, 0.05) is 12.4 Å². The highest BCUT2D eigenvalue weighted by atomic mass is 16.2. The first kappa shape index (κ1) is 11.6. The van der Waals surface area contributed by atoms with Gasteiger partial charge in [0.25, 0.3) is 0 Å². The zero-order chi connectivity index (χ0) is 12.1. The lowest BCUT2D eigenvalue weighted by atomic mass is 9.81. The Bertz CT molecular complexity index is 410. The van der Waals surface area contributed by atoms with E-state index in [9.17, 15) is 10.1 Å². The molecule has 5 heteroatoms. The summed E-state index contributed by atoms with van der Waals surface area (Å²) in [6.07, 6.45) is 8.61. The standard InChI is InChI=1S/C12H16N4O/c13-9-12(5-3-1-2-4-6-12)10(17)16-11-14-7-8-15-11/h7-8H,1-6H2,(H2,14,15,16,17). The molecular weight excluding hydrogens is 216 g/mol. The molecule has 1 amide bonds. The van der Waals surface area contributed by atoms with E-state index in [-0.39, 0.29) is 5.91 Å². The van der Waals surface area contributed by atoms with Crippen molar-refractivity contribution in [3.8, 4) is 6.07 Å². The molecule has 0 aromatic carbocycles. The van der Waals surface area contributed by atoms with E-state index in [1.807, 2.05) is 0 Å². The molecule has 2 rings (SSSR count). The lowest BCUT2D eigenvalue weighted by Gasteiger charge is -2.22. The van der Waals surface area contributed by atoms with Gasteiger partial charge in [0.05, 0.1) is 6.07 Å². The van der Waals surface area contributed by atoms with Crippen LogP contribution in [-0.2, 0) is 4.79 Å². The third-order valence-electron chi connectivity index (χ3n) is 3.34. The van der Waals surface area contributed by atoms with Crippen LogP contribution in [-0.4, -0.2) is 15.9 Å². The molecule has 1 aliphatic carbocycles. The number of nitriles is 1. The van der Waals surface area contributed by atoms with Gasteiger partial charge in [0.15, 0.2) is 0 Å². The molecule has 1 aliphatic rings. The Labute approximate surface area is 100 Å². The van der Waals surface area contributed by atoms with E-state index in [2.05, 4.69) is 21.4 Å². The first-order valence-corrected chi connectivity index (χ1v) is 5.99. The fourth-order valence-electron chi connectivity index (χ4n) is 2.28. The number of nitrogens with one attached hydrogen (secondary N) is 2. The Balaban J connectivity index is 2.11. The van der Waals surface area contributed by atoms with Crippen molar-refractivity contribution in [3.05, 3.63) is 12.4 Å². The summed E-state index contributed by atoms with van der Waals surface area (Å²) in [5.41, 5.74) is -0.872. The quantitative estimate of drug-likeness (QED) is 0.767. The Kier molecular flexibility index (Phi) is 3.43. The summed E-state index contributed by atoms with van der Waals surface area (Å²) < 4.78 is 0. The number of aromatic amines is 1. The van der Waals surface area contributed by atoms with Crippen molar-refractivity contribution in [2.75, 3.05) is 5.32 Å². The smallest absolute Gasteiger partial charge is 0.247 e. The average molecular weight is 232 g/mol. The van der Waals surface area contributed by atoms with E-state index < -0.39 is 5.41 Å². The van der Waals surface area contributed by atoms with Crippen LogP contribution in [0.25, 0.3) is 0 Å². The molecule has 0 aliphatic heterocycles. The summed E-state index contributed by atoms with van der Waals surface area (Å²) in [6.45, 7) is 0. The molecule has 5 nitrogen and oxygen atoms in total. The lowest BCUT2D eigenvalue weighted by molar-refractivity contribution is -0.123. The molecule has 90 valence electrons. The van der Waals surface area contributed by atoms with Gasteiger partial charge in [-0.1, -0.05) is 25.7 Å². The predicted octanol–water partition coefficient (Wildman–Crippen LogP) is 2.21. The van der Waals surface area contributed by atoms with Gasteiger partial charge in [-0.3, -0.25) is 10.1 Å². The third kappa shape index (κ3) is 2.47. The highest BCUT2D eigenvalue weighted by Crippen LogP contribution is 2.35. The van der Waals surface area contributed by atoms with Crippen LogP contribution in [0.3, 0.4) is 0 Å². The van der Waals surface area contributed by atoms with Crippen molar-refractivity contribution >= 4 is 11.9 Å². The monoisotopic (exact) mass is 232 g/mol. The fraction of sp³-hybridized carbons (Fsp3) is 0.583. The maximum Gasteiger partial charge on any atom is 0.247 e. The van der Waals surface area contributed by atoms with E-state index in [1.165, 1.54) is 0 Å². The number of hydrogen-bond acceptors (Lipinski definition) is 3. The zero-order valence-corrected chi connectivity index (χ0v) is 9.70. The fourth-order valence-corrected chi connectivity index (χ4v) is 2.28. The second-order valence-corrected chi connectivity index (χ2v) is 4.50. The van der Waals surface area contributed by atoms with Crippen molar-refractivity contribution in [3.63, 3.8) is 0 Å². The third-order valence-corrected chi connectivity index (χ3v) is 3.34. The highest BCUT2D eigenvalue weighted by molar-refractivity contribution is 5.95. The van der Waals surface area contributed by atoms with Crippen molar-refractivity contribution < 1.29 is 4.79 Å². The minimum atomic E-state index is -0.872. The maximum atomic E-state index is 12.2. The van der Waals surface area contributed by atoms with Crippen LogP contribution in [0.2, 0.25) is 0 Å². The maximum absolute atomic E-state index is 12.2. The molecule has 1 aromatic heterocycles. The number of aromatic nitrogens is 2. The van der Waals surface area contributed by atoms with Crippen molar-refractivity contribution in [1.82, 2.24) is 9.97 Å². The molecule has 0 bridgehead atoms. The van der Waals surface area contributed by atoms with Gasteiger partial charge in [-0.05, 0) is 12.8 Å². The number of hydrogen-bond donors (Lipinski definition) is 2. The van der Waals surface area contributed by atoms with E-state index in [1.54, 1.807) is 12.4 Å². The molecule has 0 radical (unpaired) electrons. The van der Waals surface area contributed by atoms with Crippen LogP contribution in [0, 0.1) is 16.7 Å². The van der Waals surface area contributed by atoms with E-state index in [0.29, 0.717) is 18.8 Å². The molecule has 1 fully saturated rings. The SMILES string of the molecule is N#CC1(C(=O)Nc2ncc[nH]2)CCCCCC1. The summed E-state index contributed by atoms with van der Waals surface area (Å²) in [6, 6.07) is 2.22. The van der Waals surface area contributed by atoms with Gasteiger partial charge < -0.3 is 4.98 Å². The number of imidazole rings is 1. The number of carbonyl (C=O) groups excluding carboxylic acids is 1. The molecule has 0 unspecified atom stereocenters. The van der Waals surface area contributed by atoms with Crippen molar-refractivity contribution in [2.45, 2.75) is 38.5 Å². The van der Waals surface area contributed by atoms with Crippen LogP contribution < -0.4 is 5.32 Å². The molecule has 0 spiro atoms. The molecule has 1 aromatic rings. The van der Waals surface area contributed by atoms with Crippen LogP contribution in [0.4, 0.5) is 5.95 Å². The van der Waals surface area contributed by atoms with E-state index in [4.69, 9.17) is 0 Å². The van der Waals surface area contributed by atoms with E-state index >= 15 is 0 Å². The molecule has 17 heavy (non-hydrogen) atoms. The summed E-state index contributed by atoms with van der Waals surface area (Å²) in [5, 5.41) is 12.0. The van der Waals surface area contributed by atoms with Gasteiger partial charge in [0.1, 0.15) is 5.41 Å². The first-order valence-electron chi connectivity index (χ1n) is 5.99. The number of H-pyrrole nitrogens is 1. The molecule has 2 N–H and O–H groups in total. The Morgan fingerprint density at radius 2 is 2.12 bits per heavy atom. The minimum absolute atomic E-state index is 0.225. The van der Waals surface area contributed by atoms with Crippen molar-refractivity contribution in [1.29, 1.82) is 5.26 Å². The predicted molar refractivity (Wildman–Crippen MR) is 63.0 cm³/mol. The zero-order valence-electron chi connectivity index (χ0n) is 9.70. The number of amides is 1. The first-order chi connectivity index (χ1) is 8.27. The summed E-state index contributed by atoms with van der Waals surface area (Å²) in [4.78, 5) is 18.9. The number of nitrogens with zero attached hydrogens (tertiary/aromatic N) is 2. The summed E-state index contributed by atoms with van der Waals surface area (Å²) >= 11 is 0.